The molecule has 1 N–H and O–H groups in total. The Kier molecular flexibility index (Phi) is 5.84. The van der Waals surface area contributed by atoms with Gasteiger partial charge in [0.2, 0.25) is 0 Å². The molecule has 4 aromatic rings. The summed E-state index contributed by atoms with van der Waals surface area (Å²) in [4.78, 5) is 0. The number of fused-ring (bicyclic) bond motifs is 1. The highest BCUT2D eigenvalue weighted by molar-refractivity contribution is 9.10. The lowest BCUT2D eigenvalue weighted by Crippen LogP contribution is -2.05. The highest BCUT2D eigenvalue weighted by Gasteiger charge is 2.10. The average molecular weight is 453 g/mol. The molecule has 0 aromatic heterocycles. The molecule has 0 aliphatic heterocycles. The zero-order valence-corrected chi connectivity index (χ0v) is 17.5. The minimum atomic E-state index is 0.434. The molecular formula is C24H19BrClNO. The number of hydrogen-bond acceptors (Lipinski definition) is 2. The smallest absolute Gasteiger partial charge is 0.125 e. The fourth-order valence-corrected chi connectivity index (χ4v) is 3.62. The maximum Gasteiger partial charge on any atom is 0.125 e. The maximum atomic E-state index is 6.28. The van der Waals surface area contributed by atoms with Crippen molar-refractivity contribution in [2.24, 2.45) is 0 Å². The van der Waals surface area contributed by atoms with Crippen molar-refractivity contribution in [2.45, 2.75) is 13.2 Å². The molecule has 0 aliphatic carbocycles. The predicted octanol–water partition coefficient (Wildman–Crippen LogP) is 7.45. The van der Waals surface area contributed by atoms with Gasteiger partial charge in [-0.2, -0.15) is 0 Å². The molecular weight excluding hydrogens is 434 g/mol. The standard InChI is InChI=1S/C24H19BrClNO/c25-19-10-12-20(13-11-19)27-15-22-21-7-3-1-5-17(21)9-14-24(22)28-16-18-6-2-4-8-23(18)26/h1-14,27H,15-16H2. The Hall–Kier alpha value is -2.49. The first-order valence-electron chi connectivity index (χ1n) is 9.07. The molecule has 4 heteroatoms. The summed E-state index contributed by atoms with van der Waals surface area (Å²) in [5.41, 5.74) is 3.17. The topological polar surface area (TPSA) is 21.3 Å². The lowest BCUT2D eigenvalue weighted by molar-refractivity contribution is 0.304. The van der Waals surface area contributed by atoms with Crippen LogP contribution in [0.5, 0.6) is 5.75 Å². The molecule has 0 saturated carbocycles. The molecule has 4 rings (SSSR count). The van der Waals surface area contributed by atoms with Crippen LogP contribution in [0.4, 0.5) is 5.69 Å². The Balaban J connectivity index is 1.62. The second-order valence-corrected chi connectivity index (χ2v) is 7.83. The highest BCUT2D eigenvalue weighted by Crippen LogP contribution is 2.30. The van der Waals surface area contributed by atoms with Gasteiger partial charge < -0.3 is 10.1 Å². The number of ether oxygens (including phenoxy) is 1. The Bertz CT molecular complexity index is 1100. The van der Waals surface area contributed by atoms with E-state index in [1.54, 1.807) is 0 Å². The molecule has 0 amide bonds. The van der Waals surface area contributed by atoms with Gasteiger partial charge in [0.05, 0.1) is 0 Å². The van der Waals surface area contributed by atoms with Crippen molar-refractivity contribution in [1.29, 1.82) is 0 Å². The average Bonchev–Trinajstić information content (AvgIpc) is 2.73. The molecule has 0 unspecified atom stereocenters. The second kappa shape index (κ2) is 8.68. The Labute approximate surface area is 178 Å². The minimum absolute atomic E-state index is 0.434. The first kappa shape index (κ1) is 18.9. The number of halogens is 2. The fourth-order valence-electron chi connectivity index (χ4n) is 3.16. The molecule has 0 spiro atoms. The maximum absolute atomic E-state index is 6.28. The van der Waals surface area contributed by atoms with Gasteiger partial charge in [-0.1, -0.05) is 76.1 Å². The van der Waals surface area contributed by atoms with Crippen molar-refractivity contribution < 1.29 is 4.74 Å². The SMILES string of the molecule is Clc1ccccc1COc1ccc2ccccc2c1CNc1ccc(Br)cc1. The van der Waals surface area contributed by atoms with Crippen LogP contribution in [-0.4, -0.2) is 0 Å². The third-order valence-corrected chi connectivity index (χ3v) is 5.55. The Morgan fingerprint density at radius 2 is 1.57 bits per heavy atom. The lowest BCUT2D eigenvalue weighted by Gasteiger charge is -2.16. The summed E-state index contributed by atoms with van der Waals surface area (Å²) in [7, 11) is 0. The van der Waals surface area contributed by atoms with Gasteiger partial charge in [-0.3, -0.25) is 0 Å². The minimum Gasteiger partial charge on any atom is -0.488 e. The van der Waals surface area contributed by atoms with E-state index in [0.717, 1.165) is 32.1 Å². The fraction of sp³-hybridized carbons (Fsp3) is 0.0833. The van der Waals surface area contributed by atoms with E-state index < -0.39 is 0 Å². The second-order valence-electron chi connectivity index (χ2n) is 6.50. The van der Waals surface area contributed by atoms with Crippen LogP contribution in [0.3, 0.4) is 0 Å². The molecule has 0 radical (unpaired) electrons. The molecule has 4 aromatic carbocycles. The molecule has 28 heavy (non-hydrogen) atoms. The largest absolute Gasteiger partial charge is 0.488 e. The normalized spacial score (nSPS) is 10.8. The van der Waals surface area contributed by atoms with Crippen molar-refractivity contribution >= 4 is 44.0 Å². The van der Waals surface area contributed by atoms with E-state index in [4.69, 9.17) is 16.3 Å². The van der Waals surface area contributed by atoms with E-state index in [2.05, 4.69) is 63.7 Å². The van der Waals surface area contributed by atoms with Crippen LogP contribution in [0, 0.1) is 0 Å². The highest BCUT2D eigenvalue weighted by atomic mass is 79.9. The Morgan fingerprint density at radius 3 is 2.39 bits per heavy atom. The third-order valence-electron chi connectivity index (χ3n) is 4.65. The first-order chi connectivity index (χ1) is 13.7. The quantitative estimate of drug-likeness (QED) is 0.328. The van der Waals surface area contributed by atoms with E-state index >= 15 is 0 Å². The zero-order valence-electron chi connectivity index (χ0n) is 15.2. The van der Waals surface area contributed by atoms with Crippen molar-refractivity contribution in [2.75, 3.05) is 5.32 Å². The summed E-state index contributed by atoms with van der Waals surface area (Å²) in [6.07, 6.45) is 0. The van der Waals surface area contributed by atoms with Crippen LogP contribution in [0.25, 0.3) is 10.8 Å². The van der Waals surface area contributed by atoms with Crippen molar-refractivity contribution in [3.05, 3.63) is 106 Å². The van der Waals surface area contributed by atoms with Gasteiger partial charge in [0.15, 0.2) is 0 Å². The molecule has 0 saturated heterocycles. The van der Waals surface area contributed by atoms with Gasteiger partial charge in [-0.05, 0) is 47.2 Å². The summed E-state index contributed by atoms with van der Waals surface area (Å²) in [5.74, 6) is 0.864. The zero-order chi connectivity index (χ0) is 19.3. The van der Waals surface area contributed by atoms with E-state index in [1.807, 2.05) is 42.5 Å². The monoisotopic (exact) mass is 451 g/mol. The summed E-state index contributed by atoms with van der Waals surface area (Å²) < 4.78 is 7.25. The molecule has 140 valence electrons. The molecule has 0 heterocycles. The molecule has 0 atom stereocenters. The van der Waals surface area contributed by atoms with Crippen LogP contribution in [-0.2, 0) is 13.2 Å². The van der Waals surface area contributed by atoms with Crippen LogP contribution in [0.2, 0.25) is 5.02 Å². The third kappa shape index (κ3) is 4.32. The van der Waals surface area contributed by atoms with Gasteiger partial charge >= 0.3 is 0 Å². The van der Waals surface area contributed by atoms with Crippen LogP contribution in [0.15, 0.2) is 89.4 Å². The molecule has 0 bridgehead atoms. The van der Waals surface area contributed by atoms with Gasteiger partial charge in [0, 0.05) is 32.9 Å². The number of rotatable bonds is 6. The van der Waals surface area contributed by atoms with Gasteiger partial charge in [0.25, 0.3) is 0 Å². The number of nitrogens with one attached hydrogen (secondary N) is 1. The van der Waals surface area contributed by atoms with Crippen LogP contribution < -0.4 is 10.1 Å². The summed E-state index contributed by atoms with van der Waals surface area (Å²) in [6, 6.07) is 28.4. The summed E-state index contributed by atoms with van der Waals surface area (Å²) in [5, 5.41) is 6.60. The number of hydrogen-bond donors (Lipinski definition) is 1. The van der Waals surface area contributed by atoms with E-state index in [0.29, 0.717) is 13.2 Å². The van der Waals surface area contributed by atoms with Gasteiger partial charge in [-0.15, -0.1) is 0 Å². The van der Waals surface area contributed by atoms with Crippen LogP contribution >= 0.6 is 27.5 Å². The van der Waals surface area contributed by atoms with E-state index in [1.165, 1.54) is 10.8 Å². The van der Waals surface area contributed by atoms with Gasteiger partial charge in [0.1, 0.15) is 12.4 Å². The Morgan fingerprint density at radius 1 is 0.821 bits per heavy atom. The molecule has 0 fully saturated rings. The number of anilines is 1. The van der Waals surface area contributed by atoms with E-state index in [-0.39, 0.29) is 0 Å². The first-order valence-corrected chi connectivity index (χ1v) is 10.2. The van der Waals surface area contributed by atoms with Crippen LogP contribution in [0.1, 0.15) is 11.1 Å². The number of benzene rings is 4. The van der Waals surface area contributed by atoms with Gasteiger partial charge in [-0.25, -0.2) is 0 Å². The lowest BCUT2D eigenvalue weighted by atomic mass is 10.0. The predicted molar refractivity (Wildman–Crippen MR) is 121 cm³/mol. The van der Waals surface area contributed by atoms with Crippen molar-refractivity contribution in [3.63, 3.8) is 0 Å². The molecule has 2 nitrogen and oxygen atoms in total. The summed E-state index contributed by atoms with van der Waals surface area (Å²) >= 11 is 9.76. The van der Waals surface area contributed by atoms with Crippen molar-refractivity contribution in [1.82, 2.24) is 0 Å². The van der Waals surface area contributed by atoms with Crippen molar-refractivity contribution in [3.8, 4) is 5.75 Å². The molecule has 0 aliphatic rings. The van der Waals surface area contributed by atoms with E-state index in [9.17, 15) is 0 Å². The summed E-state index contributed by atoms with van der Waals surface area (Å²) in [6.45, 7) is 1.10.